The standard InChI is InChI=1S/C18H34O2.C3H6O3.2Na/c1-2-3-4-5-6-7-8-9-10-11-12-13-14-15-16-17-18(19)20;1-2(4)3(5)6;;/h9-10H,2-8,11-17H2,1H3,(H,19,20);2,4H,1H3,(H,5,6);;/q;;2*+1/p-2/b10-9-;;;. The molecule has 0 fully saturated rings. The molecule has 0 saturated heterocycles. The molecule has 0 rings (SSSR count). The summed E-state index contributed by atoms with van der Waals surface area (Å²) >= 11 is 0. The third kappa shape index (κ3) is 37.4. The largest absolute Gasteiger partial charge is 1.00 e. The van der Waals surface area contributed by atoms with E-state index in [-0.39, 0.29) is 65.5 Å². The second-order valence-corrected chi connectivity index (χ2v) is 6.70. The van der Waals surface area contributed by atoms with E-state index in [4.69, 9.17) is 5.11 Å². The van der Waals surface area contributed by atoms with Crippen LogP contribution in [0.1, 0.15) is 104 Å². The van der Waals surface area contributed by atoms with E-state index < -0.39 is 18.0 Å². The maximum Gasteiger partial charge on any atom is 1.00 e. The second kappa shape index (κ2) is 29.8. The van der Waals surface area contributed by atoms with Crippen LogP contribution in [0.3, 0.4) is 0 Å². The normalized spacial score (nSPS) is 11.0. The third-order valence-electron chi connectivity index (χ3n) is 3.98. The van der Waals surface area contributed by atoms with Gasteiger partial charge in [-0.1, -0.05) is 70.4 Å². The maximum atomic E-state index is 10.2. The van der Waals surface area contributed by atoms with Gasteiger partial charge < -0.3 is 24.9 Å². The van der Waals surface area contributed by atoms with Crippen LogP contribution >= 0.6 is 0 Å². The van der Waals surface area contributed by atoms with Gasteiger partial charge in [0.15, 0.2) is 0 Å². The van der Waals surface area contributed by atoms with Crippen molar-refractivity contribution in [2.75, 3.05) is 0 Å². The molecule has 0 radical (unpaired) electrons. The van der Waals surface area contributed by atoms with Crippen LogP contribution in [0.2, 0.25) is 0 Å². The number of aliphatic carboxylic acids is 2. The minimum absolute atomic E-state index is 0. The summed E-state index contributed by atoms with van der Waals surface area (Å²) in [5.41, 5.74) is 0. The molecule has 0 aromatic carbocycles. The third-order valence-corrected chi connectivity index (χ3v) is 3.98. The van der Waals surface area contributed by atoms with Crippen LogP contribution in [0.15, 0.2) is 12.2 Å². The predicted octanol–water partition coefficient (Wildman–Crippen LogP) is -3.10. The summed E-state index contributed by atoms with van der Waals surface area (Å²) in [7, 11) is 0. The smallest absolute Gasteiger partial charge is 0.550 e. The Morgan fingerprint density at radius 3 is 1.50 bits per heavy atom. The average molecular weight is 417 g/mol. The summed E-state index contributed by atoms with van der Waals surface area (Å²) < 4.78 is 0. The van der Waals surface area contributed by atoms with E-state index >= 15 is 0 Å². The van der Waals surface area contributed by atoms with E-state index in [1.165, 1.54) is 64.2 Å². The first-order valence-electron chi connectivity index (χ1n) is 10.2. The molecule has 1 atom stereocenters. The summed E-state index contributed by atoms with van der Waals surface area (Å²) in [6.07, 6.45) is 19.6. The van der Waals surface area contributed by atoms with E-state index in [9.17, 15) is 19.8 Å². The number of hydrogen-bond donors (Lipinski definition) is 1. The predicted molar refractivity (Wildman–Crippen MR) is 101 cm³/mol. The molecule has 1 unspecified atom stereocenters. The molecule has 28 heavy (non-hydrogen) atoms. The first kappa shape index (κ1) is 36.0. The van der Waals surface area contributed by atoms with Crippen molar-refractivity contribution in [3.05, 3.63) is 12.2 Å². The van der Waals surface area contributed by atoms with Crippen LogP contribution in [0.4, 0.5) is 0 Å². The van der Waals surface area contributed by atoms with Crippen LogP contribution < -0.4 is 69.3 Å². The topological polar surface area (TPSA) is 100 Å². The number of allylic oxidation sites excluding steroid dienone is 2. The Balaban J connectivity index is -0.000000312. The van der Waals surface area contributed by atoms with Crippen molar-refractivity contribution in [3.63, 3.8) is 0 Å². The monoisotopic (exact) mass is 416 g/mol. The Morgan fingerprint density at radius 2 is 1.14 bits per heavy atom. The summed E-state index contributed by atoms with van der Waals surface area (Å²) in [5, 5.41) is 27.5. The number of aliphatic hydroxyl groups excluding tert-OH is 1. The fourth-order valence-corrected chi connectivity index (χ4v) is 2.34. The number of unbranched alkanes of at least 4 members (excludes halogenated alkanes) is 11. The summed E-state index contributed by atoms with van der Waals surface area (Å²) in [5.74, 6) is -2.35. The second-order valence-electron chi connectivity index (χ2n) is 6.70. The molecule has 0 aliphatic carbocycles. The van der Waals surface area contributed by atoms with Crippen LogP contribution in [0.5, 0.6) is 0 Å². The fraction of sp³-hybridized carbons (Fsp3) is 0.810. The number of rotatable bonds is 16. The number of aliphatic hydroxyl groups is 1. The number of carboxylic acid groups (broad SMARTS) is 2. The Bertz CT molecular complexity index is 361. The summed E-state index contributed by atoms with van der Waals surface area (Å²) in [6, 6.07) is 0. The van der Waals surface area contributed by atoms with Gasteiger partial charge >= 0.3 is 59.1 Å². The van der Waals surface area contributed by atoms with Gasteiger partial charge in [0, 0.05) is 5.97 Å². The van der Waals surface area contributed by atoms with Gasteiger partial charge in [-0.05, 0) is 45.4 Å². The molecule has 0 aromatic rings. The number of hydrogen-bond acceptors (Lipinski definition) is 5. The van der Waals surface area contributed by atoms with Crippen LogP contribution in [-0.4, -0.2) is 23.1 Å². The molecular weight excluding hydrogens is 378 g/mol. The van der Waals surface area contributed by atoms with Gasteiger partial charge in [-0.3, -0.25) is 0 Å². The number of carboxylic acids is 2. The fourth-order valence-electron chi connectivity index (χ4n) is 2.34. The molecule has 0 spiro atoms. The molecule has 0 aliphatic rings. The van der Waals surface area contributed by atoms with E-state index in [0.717, 1.165) is 26.2 Å². The van der Waals surface area contributed by atoms with E-state index in [1.54, 1.807) is 0 Å². The Kier molecular flexibility index (Phi) is 38.4. The van der Waals surface area contributed by atoms with Crippen molar-refractivity contribution in [1.82, 2.24) is 0 Å². The van der Waals surface area contributed by atoms with Gasteiger partial charge in [-0.2, -0.15) is 0 Å². The van der Waals surface area contributed by atoms with E-state index in [1.807, 2.05) is 0 Å². The molecule has 0 heterocycles. The Labute approximate surface area is 216 Å². The quantitative estimate of drug-likeness (QED) is 0.163. The maximum absolute atomic E-state index is 10.2. The molecule has 1 N–H and O–H groups in total. The molecule has 0 aromatic heterocycles. The Morgan fingerprint density at radius 1 is 0.786 bits per heavy atom. The van der Waals surface area contributed by atoms with Gasteiger partial charge in [0.05, 0.1) is 12.1 Å². The van der Waals surface area contributed by atoms with Crippen molar-refractivity contribution in [2.24, 2.45) is 0 Å². The van der Waals surface area contributed by atoms with Gasteiger partial charge in [0.25, 0.3) is 0 Å². The zero-order valence-electron chi connectivity index (χ0n) is 18.7. The zero-order chi connectivity index (χ0) is 20.0. The molecule has 154 valence electrons. The summed E-state index contributed by atoms with van der Waals surface area (Å²) in [4.78, 5) is 19.6. The molecule has 5 nitrogen and oxygen atoms in total. The molecule has 7 heteroatoms. The van der Waals surface area contributed by atoms with Gasteiger partial charge in [0.1, 0.15) is 0 Å². The first-order chi connectivity index (χ1) is 12.4. The van der Waals surface area contributed by atoms with Gasteiger partial charge in [0.2, 0.25) is 0 Å². The molecule has 0 saturated carbocycles. The van der Waals surface area contributed by atoms with Crippen LogP contribution in [-0.2, 0) is 9.59 Å². The first-order valence-corrected chi connectivity index (χ1v) is 10.2. The molecule has 0 amide bonds. The number of carbonyl (C=O) groups is 2. The molecular formula is C21H38Na2O5. The van der Waals surface area contributed by atoms with Gasteiger partial charge in [-0.25, -0.2) is 0 Å². The Hall–Kier alpha value is 0.640. The van der Waals surface area contributed by atoms with Gasteiger partial charge in [-0.15, -0.1) is 0 Å². The summed E-state index contributed by atoms with van der Waals surface area (Å²) in [6.45, 7) is 3.39. The SMILES string of the molecule is CC(O)C(=O)[O-].CCCCCCCC/C=C\CCCCCCCC(=O)[O-].[Na+].[Na+]. The van der Waals surface area contributed by atoms with Crippen molar-refractivity contribution in [3.8, 4) is 0 Å². The minimum Gasteiger partial charge on any atom is -0.550 e. The van der Waals surface area contributed by atoms with Crippen molar-refractivity contribution < 1.29 is 84.0 Å². The molecule has 0 aliphatic heterocycles. The van der Waals surface area contributed by atoms with E-state index in [0.29, 0.717) is 0 Å². The van der Waals surface area contributed by atoms with Crippen molar-refractivity contribution in [2.45, 2.75) is 110 Å². The van der Waals surface area contributed by atoms with Crippen molar-refractivity contribution >= 4 is 11.9 Å². The zero-order valence-corrected chi connectivity index (χ0v) is 22.7. The average Bonchev–Trinajstić information content (AvgIpc) is 2.58. The van der Waals surface area contributed by atoms with E-state index in [2.05, 4.69) is 19.1 Å². The minimum atomic E-state index is -1.44. The van der Waals surface area contributed by atoms with Crippen LogP contribution in [0.25, 0.3) is 0 Å². The van der Waals surface area contributed by atoms with Crippen molar-refractivity contribution in [1.29, 1.82) is 0 Å². The van der Waals surface area contributed by atoms with Crippen LogP contribution in [0, 0.1) is 0 Å². The molecule has 0 bridgehead atoms. The number of carbonyl (C=O) groups excluding carboxylic acids is 2.